The molecule has 148 valence electrons. The highest BCUT2D eigenvalue weighted by Gasteiger charge is 2.22. The molecule has 0 radical (unpaired) electrons. The lowest BCUT2D eigenvalue weighted by Crippen LogP contribution is -2.36. The van der Waals surface area contributed by atoms with Crippen LogP contribution in [0.2, 0.25) is 0 Å². The van der Waals surface area contributed by atoms with Crippen molar-refractivity contribution < 1.29 is 17.6 Å². The Morgan fingerprint density at radius 1 is 1.14 bits per heavy atom. The maximum atomic E-state index is 13.5. The summed E-state index contributed by atoms with van der Waals surface area (Å²) in [4.78, 5) is 21.2. The van der Waals surface area contributed by atoms with E-state index in [1.54, 1.807) is 18.2 Å². The number of halogens is 1. The van der Waals surface area contributed by atoms with E-state index in [9.17, 15) is 17.6 Å². The van der Waals surface area contributed by atoms with Crippen molar-refractivity contribution in [1.29, 1.82) is 0 Å². The smallest absolute Gasteiger partial charge is 0.260 e. The zero-order chi connectivity index (χ0) is 20.5. The monoisotopic (exact) mass is 421 g/mol. The third-order valence-electron chi connectivity index (χ3n) is 4.10. The maximum Gasteiger partial charge on any atom is 0.260 e. The number of aromatic nitrogens is 1. The van der Waals surface area contributed by atoms with Gasteiger partial charge in [0.2, 0.25) is 0 Å². The van der Waals surface area contributed by atoms with Gasteiger partial charge in [-0.1, -0.05) is 17.4 Å². The highest BCUT2D eigenvalue weighted by Crippen LogP contribution is 2.30. The topological polar surface area (TPSA) is 70.6 Å². The summed E-state index contributed by atoms with van der Waals surface area (Å²) in [5.41, 5.74) is 0.862. The molecule has 0 saturated carbocycles. The number of hydrogen-bond acceptors (Lipinski definition) is 6. The fraction of sp³-hybridized carbons (Fsp3) is 0.263. The molecular weight excluding hydrogens is 401 g/mol. The Hall–Kier alpha value is -2.36. The molecule has 28 heavy (non-hydrogen) atoms. The number of anilines is 1. The minimum Gasteiger partial charge on any atom is -0.308 e. The summed E-state index contributed by atoms with van der Waals surface area (Å²) in [6.45, 7) is 0.943. The van der Waals surface area contributed by atoms with Crippen LogP contribution in [-0.4, -0.2) is 57.6 Å². The zero-order valence-electron chi connectivity index (χ0n) is 15.7. The number of thiazole rings is 1. The first kappa shape index (κ1) is 20.4. The van der Waals surface area contributed by atoms with E-state index in [0.717, 1.165) is 6.26 Å². The average molecular weight is 422 g/mol. The molecule has 3 rings (SSSR count). The van der Waals surface area contributed by atoms with E-state index in [4.69, 9.17) is 0 Å². The Morgan fingerprint density at radius 3 is 2.57 bits per heavy atom. The molecule has 0 bridgehead atoms. The lowest BCUT2D eigenvalue weighted by molar-refractivity contribution is 0.0985. The minimum absolute atomic E-state index is 0.0808. The SMILES string of the molecule is CN(C)CCN(C(=O)c1cccc(S(C)(=O)=O)c1)c1nc2ccc(F)cc2s1. The van der Waals surface area contributed by atoms with Gasteiger partial charge >= 0.3 is 0 Å². The van der Waals surface area contributed by atoms with Crippen LogP contribution in [0.15, 0.2) is 47.4 Å². The number of hydrogen-bond donors (Lipinski definition) is 0. The molecule has 0 atom stereocenters. The van der Waals surface area contributed by atoms with Crippen molar-refractivity contribution in [2.45, 2.75) is 4.90 Å². The normalized spacial score (nSPS) is 11.9. The molecule has 6 nitrogen and oxygen atoms in total. The Kier molecular flexibility index (Phi) is 5.78. The van der Waals surface area contributed by atoms with Gasteiger partial charge in [-0.05, 0) is 50.5 Å². The quantitative estimate of drug-likeness (QED) is 0.612. The highest BCUT2D eigenvalue weighted by atomic mass is 32.2. The number of likely N-dealkylation sites (N-methyl/N-ethyl adjacent to an activating group) is 1. The first-order chi connectivity index (χ1) is 13.1. The lowest BCUT2D eigenvalue weighted by atomic mass is 10.2. The summed E-state index contributed by atoms with van der Waals surface area (Å²) < 4.78 is 37.8. The van der Waals surface area contributed by atoms with E-state index < -0.39 is 9.84 Å². The number of amides is 1. The fourth-order valence-electron chi connectivity index (χ4n) is 2.60. The van der Waals surface area contributed by atoms with Gasteiger partial charge in [-0.2, -0.15) is 0 Å². The van der Waals surface area contributed by atoms with Crippen molar-refractivity contribution in [3.8, 4) is 0 Å². The number of sulfone groups is 1. The van der Waals surface area contributed by atoms with E-state index in [1.807, 2.05) is 19.0 Å². The van der Waals surface area contributed by atoms with Gasteiger partial charge in [-0.15, -0.1) is 0 Å². The number of benzene rings is 2. The largest absolute Gasteiger partial charge is 0.308 e. The van der Waals surface area contributed by atoms with Crippen LogP contribution < -0.4 is 4.90 Å². The predicted octanol–water partition coefficient (Wildman–Crippen LogP) is 3.05. The standard InChI is InChI=1S/C19H20FN3O3S2/c1-22(2)9-10-23(19-21-16-8-7-14(20)12-17(16)27-19)18(24)13-5-4-6-15(11-13)28(3,25)26/h4-8,11-12H,9-10H2,1-3H3. The van der Waals surface area contributed by atoms with Crippen LogP contribution in [0.5, 0.6) is 0 Å². The Bertz CT molecular complexity index is 1130. The molecule has 0 aliphatic carbocycles. The van der Waals surface area contributed by atoms with Gasteiger partial charge in [-0.3, -0.25) is 9.69 Å². The average Bonchev–Trinajstić information content (AvgIpc) is 3.03. The van der Waals surface area contributed by atoms with Crippen LogP contribution in [0.1, 0.15) is 10.4 Å². The molecule has 1 heterocycles. The van der Waals surface area contributed by atoms with Crippen molar-refractivity contribution in [2.24, 2.45) is 0 Å². The first-order valence-electron chi connectivity index (χ1n) is 8.48. The Morgan fingerprint density at radius 2 is 1.89 bits per heavy atom. The van der Waals surface area contributed by atoms with Crippen molar-refractivity contribution in [2.75, 3.05) is 38.3 Å². The van der Waals surface area contributed by atoms with Gasteiger partial charge in [-0.25, -0.2) is 17.8 Å². The summed E-state index contributed by atoms with van der Waals surface area (Å²) >= 11 is 1.22. The molecule has 0 aliphatic heterocycles. The Balaban J connectivity index is 2.02. The molecule has 9 heteroatoms. The molecule has 0 unspecified atom stereocenters. The zero-order valence-corrected chi connectivity index (χ0v) is 17.3. The minimum atomic E-state index is -3.43. The van der Waals surface area contributed by atoms with E-state index in [1.165, 1.54) is 40.5 Å². The number of carbonyl (C=O) groups excluding carboxylic acids is 1. The highest BCUT2D eigenvalue weighted by molar-refractivity contribution is 7.90. The van der Waals surface area contributed by atoms with Crippen molar-refractivity contribution in [3.63, 3.8) is 0 Å². The van der Waals surface area contributed by atoms with E-state index >= 15 is 0 Å². The van der Waals surface area contributed by atoms with E-state index in [2.05, 4.69) is 4.98 Å². The summed E-state index contributed by atoms with van der Waals surface area (Å²) in [5, 5.41) is 0.442. The molecule has 0 saturated heterocycles. The molecular formula is C19H20FN3O3S2. The molecule has 1 aromatic heterocycles. The van der Waals surface area contributed by atoms with Crippen molar-refractivity contribution in [3.05, 3.63) is 53.8 Å². The fourth-order valence-corrected chi connectivity index (χ4v) is 4.28. The van der Waals surface area contributed by atoms with Gasteiger partial charge in [0, 0.05) is 24.9 Å². The first-order valence-corrected chi connectivity index (χ1v) is 11.2. The summed E-state index contributed by atoms with van der Waals surface area (Å²) in [5.74, 6) is -0.721. The van der Waals surface area contributed by atoms with Gasteiger partial charge in [0.1, 0.15) is 5.82 Å². The van der Waals surface area contributed by atoms with Crippen LogP contribution in [0.3, 0.4) is 0 Å². The molecule has 0 spiro atoms. The number of fused-ring (bicyclic) bond motifs is 1. The second-order valence-corrected chi connectivity index (χ2v) is 9.69. The van der Waals surface area contributed by atoms with Crippen LogP contribution in [0.4, 0.5) is 9.52 Å². The number of nitrogens with zero attached hydrogens (tertiary/aromatic N) is 3. The predicted molar refractivity (Wildman–Crippen MR) is 109 cm³/mol. The molecule has 0 N–H and O–H groups in total. The molecule has 2 aromatic carbocycles. The summed E-state index contributed by atoms with van der Waals surface area (Å²) in [6.07, 6.45) is 1.10. The van der Waals surface area contributed by atoms with E-state index in [0.29, 0.717) is 28.4 Å². The molecule has 0 fully saturated rings. The van der Waals surface area contributed by atoms with Gasteiger partial charge in [0.25, 0.3) is 5.91 Å². The second kappa shape index (κ2) is 7.94. The van der Waals surface area contributed by atoms with Crippen LogP contribution in [0, 0.1) is 5.82 Å². The molecule has 0 aliphatic rings. The van der Waals surface area contributed by atoms with Crippen molar-refractivity contribution >= 4 is 42.4 Å². The van der Waals surface area contributed by atoms with Crippen LogP contribution >= 0.6 is 11.3 Å². The Labute approximate surface area is 167 Å². The third-order valence-corrected chi connectivity index (χ3v) is 6.25. The van der Waals surface area contributed by atoms with Crippen LogP contribution in [-0.2, 0) is 9.84 Å². The van der Waals surface area contributed by atoms with Gasteiger partial charge in [0.15, 0.2) is 15.0 Å². The third kappa shape index (κ3) is 4.54. The lowest BCUT2D eigenvalue weighted by Gasteiger charge is -2.22. The van der Waals surface area contributed by atoms with Gasteiger partial charge in [0.05, 0.1) is 15.1 Å². The second-order valence-electron chi connectivity index (χ2n) is 6.67. The molecule has 3 aromatic rings. The maximum absolute atomic E-state index is 13.5. The molecule has 1 amide bonds. The number of rotatable bonds is 6. The van der Waals surface area contributed by atoms with E-state index in [-0.39, 0.29) is 22.2 Å². The number of carbonyl (C=O) groups is 1. The van der Waals surface area contributed by atoms with Gasteiger partial charge < -0.3 is 4.90 Å². The summed E-state index contributed by atoms with van der Waals surface area (Å²) in [6, 6.07) is 10.2. The summed E-state index contributed by atoms with van der Waals surface area (Å²) in [7, 11) is 0.345. The van der Waals surface area contributed by atoms with Crippen molar-refractivity contribution in [1.82, 2.24) is 9.88 Å². The van der Waals surface area contributed by atoms with Crippen LogP contribution in [0.25, 0.3) is 10.2 Å².